The summed E-state index contributed by atoms with van der Waals surface area (Å²) in [4.78, 5) is 4.51. The fourth-order valence-corrected chi connectivity index (χ4v) is 3.36. The van der Waals surface area contributed by atoms with E-state index in [0.717, 1.165) is 5.17 Å². The maximum absolute atomic E-state index is 5.76. The van der Waals surface area contributed by atoms with Crippen LogP contribution < -0.4 is 5.73 Å². The molecule has 2 unspecified atom stereocenters. The molecule has 2 aliphatic rings. The Morgan fingerprint density at radius 1 is 1.36 bits per heavy atom. The average molecular weight is 204 g/mol. The van der Waals surface area contributed by atoms with E-state index >= 15 is 0 Å². The standard InChI is InChI=1S/C11H12N2S/c12-11-13-10-8-4-2-1-3-7(8)5-6-9(10)14-11/h1-4,9-10H,5-6H2,(H2,12,13). The Morgan fingerprint density at radius 2 is 2.21 bits per heavy atom. The van der Waals surface area contributed by atoms with Gasteiger partial charge in [0.15, 0.2) is 5.17 Å². The van der Waals surface area contributed by atoms with Gasteiger partial charge < -0.3 is 5.73 Å². The fraction of sp³-hybridized carbons (Fsp3) is 0.364. The van der Waals surface area contributed by atoms with Crippen LogP contribution >= 0.6 is 11.8 Å². The number of fused-ring (bicyclic) bond motifs is 3. The van der Waals surface area contributed by atoms with Crippen LogP contribution in [0.5, 0.6) is 0 Å². The number of hydrogen-bond donors (Lipinski definition) is 1. The van der Waals surface area contributed by atoms with Crippen LogP contribution in [-0.4, -0.2) is 10.4 Å². The highest BCUT2D eigenvalue weighted by Crippen LogP contribution is 2.43. The molecule has 0 amide bonds. The van der Waals surface area contributed by atoms with Crippen LogP contribution in [0, 0.1) is 0 Å². The van der Waals surface area contributed by atoms with Crippen LogP contribution in [-0.2, 0) is 6.42 Å². The maximum Gasteiger partial charge on any atom is 0.154 e. The second kappa shape index (κ2) is 3.02. The highest BCUT2D eigenvalue weighted by atomic mass is 32.2. The van der Waals surface area contributed by atoms with Crippen molar-refractivity contribution in [1.29, 1.82) is 0 Å². The minimum atomic E-state index is 0.324. The molecule has 1 aliphatic carbocycles. The van der Waals surface area contributed by atoms with E-state index in [2.05, 4.69) is 29.3 Å². The van der Waals surface area contributed by atoms with Gasteiger partial charge in [-0.1, -0.05) is 36.0 Å². The molecule has 0 fully saturated rings. The molecule has 0 radical (unpaired) electrons. The predicted octanol–water partition coefficient (Wildman–Crippen LogP) is 2.10. The number of hydrogen-bond acceptors (Lipinski definition) is 3. The first-order chi connectivity index (χ1) is 6.84. The molecule has 72 valence electrons. The van der Waals surface area contributed by atoms with Crippen molar-refractivity contribution >= 4 is 16.9 Å². The number of nitrogens with zero attached hydrogens (tertiary/aromatic N) is 1. The molecule has 2 nitrogen and oxygen atoms in total. The first-order valence-corrected chi connectivity index (χ1v) is 5.80. The summed E-state index contributed by atoms with van der Waals surface area (Å²) in [6.45, 7) is 0. The van der Waals surface area contributed by atoms with Crippen molar-refractivity contribution < 1.29 is 0 Å². The molecular weight excluding hydrogens is 192 g/mol. The van der Waals surface area contributed by atoms with Crippen molar-refractivity contribution in [3.8, 4) is 0 Å². The van der Waals surface area contributed by atoms with Crippen LogP contribution in [0.25, 0.3) is 0 Å². The van der Waals surface area contributed by atoms with E-state index in [1.165, 1.54) is 24.0 Å². The molecule has 2 N–H and O–H groups in total. The zero-order valence-electron chi connectivity index (χ0n) is 7.81. The van der Waals surface area contributed by atoms with Crippen molar-refractivity contribution in [2.45, 2.75) is 24.1 Å². The van der Waals surface area contributed by atoms with E-state index in [-0.39, 0.29) is 0 Å². The molecule has 0 bridgehead atoms. The Labute approximate surface area is 87.6 Å². The molecule has 1 heterocycles. The minimum absolute atomic E-state index is 0.324. The number of benzene rings is 1. The molecule has 1 aliphatic heterocycles. The Bertz CT molecular complexity index is 400. The summed E-state index contributed by atoms with van der Waals surface area (Å²) in [5.41, 5.74) is 8.60. The summed E-state index contributed by atoms with van der Waals surface area (Å²) < 4.78 is 0. The van der Waals surface area contributed by atoms with Crippen molar-refractivity contribution in [2.24, 2.45) is 10.7 Å². The lowest BCUT2D eigenvalue weighted by Gasteiger charge is -2.25. The molecule has 1 aromatic rings. The van der Waals surface area contributed by atoms with Gasteiger partial charge in [-0.15, -0.1) is 0 Å². The predicted molar refractivity (Wildman–Crippen MR) is 60.5 cm³/mol. The molecule has 14 heavy (non-hydrogen) atoms. The second-order valence-electron chi connectivity index (χ2n) is 3.81. The molecule has 3 heteroatoms. The molecule has 0 saturated heterocycles. The molecule has 2 atom stereocenters. The van der Waals surface area contributed by atoms with Gasteiger partial charge in [-0.05, 0) is 24.0 Å². The number of thioether (sulfide) groups is 1. The lowest BCUT2D eigenvalue weighted by molar-refractivity contribution is 0.599. The summed E-state index contributed by atoms with van der Waals surface area (Å²) in [5.74, 6) is 0. The zero-order chi connectivity index (χ0) is 9.54. The Balaban J connectivity index is 2.08. The SMILES string of the molecule is NC1=NC2c3ccccc3CCC2S1. The van der Waals surface area contributed by atoms with E-state index in [1.54, 1.807) is 11.8 Å². The highest BCUT2D eigenvalue weighted by Gasteiger charge is 2.34. The zero-order valence-corrected chi connectivity index (χ0v) is 8.63. The molecule has 0 saturated carbocycles. The van der Waals surface area contributed by atoms with E-state index in [4.69, 9.17) is 5.73 Å². The van der Waals surface area contributed by atoms with Gasteiger partial charge in [-0.25, -0.2) is 0 Å². The van der Waals surface area contributed by atoms with Gasteiger partial charge in [-0.3, -0.25) is 4.99 Å². The number of nitrogens with two attached hydrogens (primary N) is 1. The van der Waals surface area contributed by atoms with Gasteiger partial charge >= 0.3 is 0 Å². The summed E-state index contributed by atoms with van der Waals surface area (Å²) in [6.07, 6.45) is 2.38. The van der Waals surface area contributed by atoms with Gasteiger partial charge in [0.1, 0.15) is 0 Å². The van der Waals surface area contributed by atoms with Gasteiger partial charge in [0.05, 0.1) is 6.04 Å². The third-order valence-electron chi connectivity index (χ3n) is 2.96. The first kappa shape index (κ1) is 8.36. The number of aliphatic imine (C=N–C) groups is 1. The van der Waals surface area contributed by atoms with Crippen molar-refractivity contribution in [3.05, 3.63) is 35.4 Å². The van der Waals surface area contributed by atoms with Crippen molar-refractivity contribution in [1.82, 2.24) is 0 Å². The Morgan fingerprint density at radius 3 is 3.14 bits per heavy atom. The molecule has 0 aromatic heterocycles. The lowest BCUT2D eigenvalue weighted by atomic mass is 9.88. The van der Waals surface area contributed by atoms with Crippen LogP contribution in [0.4, 0.5) is 0 Å². The molecule has 1 aromatic carbocycles. The van der Waals surface area contributed by atoms with Gasteiger partial charge in [0.25, 0.3) is 0 Å². The fourth-order valence-electron chi connectivity index (χ4n) is 2.30. The van der Waals surface area contributed by atoms with E-state index in [1.807, 2.05) is 0 Å². The van der Waals surface area contributed by atoms with Crippen LogP contribution in [0.1, 0.15) is 23.6 Å². The maximum atomic E-state index is 5.76. The van der Waals surface area contributed by atoms with Crippen LogP contribution in [0.3, 0.4) is 0 Å². The number of aryl methyl sites for hydroxylation is 1. The van der Waals surface area contributed by atoms with Crippen LogP contribution in [0.2, 0.25) is 0 Å². The third-order valence-corrected chi connectivity index (χ3v) is 4.11. The molecule has 3 rings (SSSR count). The number of amidine groups is 1. The quantitative estimate of drug-likeness (QED) is 0.703. The van der Waals surface area contributed by atoms with E-state index in [0.29, 0.717) is 11.3 Å². The van der Waals surface area contributed by atoms with Crippen molar-refractivity contribution in [2.75, 3.05) is 0 Å². The van der Waals surface area contributed by atoms with Gasteiger partial charge in [0.2, 0.25) is 0 Å². The Kier molecular flexibility index (Phi) is 1.80. The Hall–Kier alpha value is -0.960. The third kappa shape index (κ3) is 1.16. The van der Waals surface area contributed by atoms with E-state index < -0.39 is 0 Å². The summed E-state index contributed by atoms with van der Waals surface area (Å²) in [7, 11) is 0. The molecular formula is C11H12N2S. The first-order valence-electron chi connectivity index (χ1n) is 4.92. The largest absolute Gasteiger partial charge is 0.379 e. The highest BCUT2D eigenvalue weighted by molar-refractivity contribution is 8.14. The smallest absolute Gasteiger partial charge is 0.154 e. The number of rotatable bonds is 0. The monoisotopic (exact) mass is 204 g/mol. The van der Waals surface area contributed by atoms with E-state index in [9.17, 15) is 0 Å². The minimum Gasteiger partial charge on any atom is -0.379 e. The second-order valence-corrected chi connectivity index (χ2v) is 5.07. The average Bonchev–Trinajstić information content (AvgIpc) is 2.59. The molecule has 0 spiro atoms. The topological polar surface area (TPSA) is 38.4 Å². The van der Waals surface area contributed by atoms with Gasteiger partial charge in [0, 0.05) is 5.25 Å². The summed E-state index contributed by atoms with van der Waals surface area (Å²) >= 11 is 1.74. The van der Waals surface area contributed by atoms with Crippen LogP contribution in [0.15, 0.2) is 29.3 Å². The van der Waals surface area contributed by atoms with Gasteiger partial charge in [-0.2, -0.15) is 0 Å². The van der Waals surface area contributed by atoms with Crippen molar-refractivity contribution in [3.63, 3.8) is 0 Å². The normalized spacial score (nSPS) is 29.3. The summed E-state index contributed by atoms with van der Waals surface area (Å²) in [6, 6.07) is 8.92. The lowest BCUT2D eigenvalue weighted by Crippen LogP contribution is -2.18. The summed E-state index contributed by atoms with van der Waals surface area (Å²) in [5, 5.41) is 1.35.